The van der Waals surface area contributed by atoms with Gasteiger partial charge in [0.15, 0.2) is 17.5 Å². The third kappa shape index (κ3) is 2.56. The lowest BCUT2D eigenvalue weighted by Crippen LogP contribution is -2.06. The van der Waals surface area contributed by atoms with E-state index in [1.165, 1.54) is 12.1 Å². The highest BCUT2D eigenvalue weighted by Gasteiger charge is 2.16. The molecular weight excluding hydrogens is 318 g/mol. The molecule has 0 aliphatic carbocycles. The first-order chi connectivity index (χ1) is 8.93. The molecule has 0 saturated heterocycles. The Morgan fingerprint density at radius 3 is 2.47 bits per heavy atom. The van der Waals surface area contributed by atoms with E-state index in [0.717, 1.165) is 0 Å². The minimum absolute atomic E-state index is 0.246. The fourth-order valence-corrected chi connectivity index (χ4v) is 2.14. The summed E-state index contributed by atoms with van der Waals surface area (Å²) in [5.74, 6) is -1.01. The first-order valence-corrected chi connectivity index (χ1v) is 6.47. The van der Waals surface area contributed by atoms with Crippen LogP contribution in [0.2, 0.25) is 0 Å². The van der Waals surface area contributed by atoms with E-state index in [4.69, 9.17) is 5.73 Å². The molecule has 0 atom stereocenters. The number of aromatic nitrogens is 2. The highest BCUT2D eigenvalue weighted by Crippen LogP contribution is 2.30. The number of hydrogen-bond acceptors (Lipinski definition) is 3. The number of rotatable bonds is 3. The molecule has 0 saturated carbocycles. The number of anilines is 3. The third-order valence-electron chi connectivity index (χ3n) is 2.72. The van der Waals surface area contributed by atoms with Gasteiger partial charge < -0.3 is 11.1 Å². The van der Waals surface area contributed by atoms with E-state index in [0.29, 0.717) is 28.2 Å². The van der Waals surface area contributed by atoms with Crippen LogP contribution in [0, 0.1) is 18.6 Å². The number of nitrogen functional groups attached to an aromatic ring is 1. The average molecular weight is 331 g/mol. The smallest absolute Gasteiger partial charge is 0.152 e. The lowest BCUT2D eigenvalue weighted by atomic mass is 10.3. The molecule has 2 aromatic rings. The van der Waals surface area contributed by atoms with Gasteiger partial charge in [-0.25, -0.2) is 13.5 Å². The van der Waals surface area contributed by atoms with Crippen molar-refractivity contribution in [2.24, 2.45) is 0 Å². The van der Waals surface area contributed by atoms with E-state index in [1.807, 2.05) is 6.92 Å². The van der Waals surface area contributed by atoms with Gasteiger partial charge in [-0.05, 0) is 26.0 Å². The maximum Gasteiger partial charge on any atom is 0.152 e. The summed E-state index contributed by atoms with van der Waals surface area (Å²) in [4.78, 5) is 0. The summed E-state index contributed by atoms with van der Waals surface area (Å²) >= 11 is 3.03. The van der Waals surface area contributed by atoms with Crippen LogP contribution in [0.1, 0.15) is 12.6 Å². The van der Waals surface area contributed by atoms with Gasteiger partial charge in [-0.1, -0.05) is 15.9 Å². The Balaban J connectivity index is 2.47. The number of nitrogens with two attached hydrogens (primary N) is 1. The fourth-order valence-electron chi connectivity index (χ4n) is 1.74. The lowest BCUT2D eigenvalue weighted by Gasteiger charge is -2.11. The van der Waals surface area contributed by atoms with Crippen LogP contribution in [-0.4, -0.2) is 9.78 Å². The SMILES string of the molecule is CCn1nc(C)c(N)c1Nc1c(F)cc(Br)cc1F. The van der Waals surface area contributed by atoms with Gasteiger partial charge >= 0.3 is 0 Å². The Bertz CT molecular complexity index is 601. The normalized spacial score (nSPS) is 10.8. The molecule has 102 valence electrons. The zero-order valence-electron chi connectivity index (χ0n) is 10.5. The summed E-state index contributed by atoms with van der Waals surface area (Å²) in [6.45, 7) is 4.15. The predicted molar refractivity (Wildman–Crippen MR) is 74.4 cm³/mol. The molecule has 0 spiro atoms. The molecule has 0 amide bonds. The van der Waals surface area contributed by atoms with Gasteiger partial charge in [0.2, 0.25) is 0 Å². The van der Waals surface area contributed by atoms with E-state index in [9.17, 15) is 8.78 Å². The minimum Gasteiger partial charge on any atom is -0.394 e. The topological polar surface area (TPSA) is 55.9 Å². The van der Waals surface area contributed by atoms with Gasteiger partial charge in [-0.2, -0.15) is 5.10 Å². The zero-order chi connectivity index (χ0) is 14.2. The molecule has 0 unspecified atom stereocenters. The maximum absolute atomic E-state index is 13.8. The number of nitrogens with one attached hydrogen (secondary N) is 1. The quantitative estimate of drug-likeness (QED) is 0.904. The van der Waals surface area contributed by atoms with E-state index < -0.39 is 11.6 Å². The van der Waals surface area contributed by atoms with E-state index >= 15 is 0 Å². The molecule has 0 fully saturated rings. The summed E-state index contributed by atoms with van der Waals surface area (Å²) in [5, 5.41) is 6.86. The van der Waals surface area contributed by atoms with E-state index in [1.54, 1.807) is 11.6 Å². The van der Waals surface area contributed by atoms with Crippen molar-refractivity contribution in [3.05, 3.63) is 33.9 Å². The first kappa shape index (κ1) is 13.8. The zero-order valence-corrected chi connectivity index (χ0v) is 12.1. The standard InChI is InChI=1S/C12H13BrF2N4/c1-3-19-12(10(16)6(2)18-19)17-11-8(14)4-7(13)5-9(11)15/h4-5,17H,3,16H2,1-2H3. The van der Waals surface area contributed by atoms with Gasteiger partial charge in [-0.15, -0.1) is 0 Å². The van der Waals surface area contributed by atoms with Crippen LogP contribution in [-0.2, 0) is 6.54 Å². The second-order valence-electron chi connectivity index (χ2n) is 4.03. The Morgan fingerprint density at radius 2 is 1.95 bits per heavy atom. The average Bonchev–Trinajstić information content (AvgIpc) is 2.60. The Kier molecular flexibility index (Phi) is 3.75. The van der Waals surface area contributed by atoms with Crippen molar-refractivity contribution in [3.63, 3.8) is 0 Å². The van der Waals surface area contributed by atoms with Crippen molar-refractivity contribution >= 4 is 33.1 Å². The molecule has 0 aliphatic heterocycles. The monoisotopic (exact) mass is 330 g/mol. The van der Waals surface area contributed by atoms with E-state index in [-0.39, 0.29) is 5.69 Å². The number of benzene rings is 1. The molecule has 1 aromatic heterocycles. The summed E-state index contributed by atoms with van der Waals surface area (Å²) in [5.41, 5.74) is 6.60. The number of aryl methyl sites for hydroxylation is 2. The van der Waals surface area contributed by atoms with Crippen molar-refractivity contribution in [2.45, 2.75) is 20.4 Å². The van der Waals surface area contributed by atoms with Gasteiger partial charge in [0.05, 0.1) is 11.4 Å². The Morgan fingerprint density at radius 1 is 1.37 bits per heavy atom. The molecule has 19 heavy (non-hydrogen) atoms. The largest absolute Gasteiger partial charge is 0.394 e. The van der Waals surface area contributed by atoms with Gasteiger partial charge in [0.1, 0.15) is 5.69 Å². The van der Waals surface area contributed by atoms with Crippen LogP contribution in [0.3, 0.4) is 0 Å². The molecule has 1 heterocycles. The summed E-state index contributed by atoms with van der Waals surface area (Å²) in [6.07, 6.45) is 0. The second-order valence-corrected chi connectivity index (χ2v) is 4.95. The molecule has 0 aliphatic rings. The highest BCUT2D eigenvalue weighted by molar-refractivity contribution is 9.10. The molecule has 7 heteroatoms. The molecule has 4 nitrogen and oxygen atoms in total. The molecule has 0 bridgehead atoms. The van der Waals surface area contributed by atoms with Crippen LogP contribution in [0.25, 0.3) is 0 Å². The Labute approximate surface area is 117 Å². The highest BCUT2D eigenvalue weighted by atomic mass is 79.9. The van der Waals surface area contributed by atoms with Gasteiger partial charge in [-0.3, -0.25) is 0 Å². The molecule has 2 rings (SSSR count). The minimum atomic E-state index is -0.701. The predicted octanol–water partition coefficient (Wildman–Crippen LogP) is 3.58. The van der Waals surface area contributed by atoms with E-state index in [2.05, 4.69) is 26.3 Å². The summed E-state index contributed by atoms with van der Waals surface area (Å²) in [7, 11) is 0. The van der Waals surface area contributed by atoms with Crippen LogP contribution in [0.15, 0.2) is 16.6 Å². The fraction of sp³-hybridized carbons (Fsp3) is 0.250. The lowest BCUT2D eigenvalue weighted by molar-refractivity contribution is 0.587. The van der Waals surface area contributed by atoms with Crippen LogP contribution < -0.4 is 11.1 Å². The third-order valence-corrected chi connectivity index (χ3v) is 3.18. The molecule has 3 N–H and O–H groups in total. The summed E-state index contributed by atoms with van der Waals surface area (Å²) < 4.78 is 29.4. The maximum atomic E-state index is 13.8. The van der Waals surface area contributed by atoms with Crippen LogP contribution in [0.4, 0.5) is 26.0 Å². The Hall–Kier alpha value is -1.63. The molecule has 0 radical (unpaired) electrons. The van der Waals surface area contributed by atoms with Crippen molar-refractivity contribution < 1.29 is 8.78 Å². The van der Waals surface area contributed by atoms with Crippen LogP contribution >= 0.6 is 15.9 Å². The molecular formula is C12H13BrF2N4. The van der Waals surface area contributed by atoms with Crippen molar-refractivity contribution in [2.75, 3.05) is 11.1 Å². The molecule has 1 aromatic carbocycles. The van der Waals surface area contributed by atoms with Gasteiger partial charge in [0, 0.05) is 11.0 Å². The number of halogens is 3. The van der Waals surface area contributed by atoms with Crippen molar-refractivity contribution in [1.29, 1.82) is 0 Å². The number of hydrogen-bond donors (Lipinski definition) is 2. The number of nitrogens with zero attached hydrogens (tertiary/aromatic N) is 2. The second kappa shape index (κ2) is 5.16. The van der Waals surface area contributed by atoms with Gasteiger partial charge in [0.25, 0.3) is 0 Å². The van der Waals surface area contributed by atoms with Crippen molar-refractivity contribution in [3.8, 4) is 0 Å². The van der Waals surface area contributed by atoms with Crippen molar-refractivity contribution in [1.82, 2.24) is 9.78 Å². The first-order valence-electron chi connectivity index (χ1n) is 5.68. The summed E-state index contributed by atoms with van der Waals surface area (Å²) in [6, 6.07) is 2.36. The van der Waals surface area contributed by atoms with Crippen LogP contribution in [0.5, 0.6) is 0 Å².